The van der Waals surface area contributed by atoms with Crippen LogP contribution in [-0.2, 0) is 9.47 Å². The summed E-state index contributed by atoms with van der Waals surface area (Å²) in [5.41, 5.74) is 6.54. The second-order valence-electron chi connectivity index (χ2n) is 5.93. The summed E-state index contributed by atoms with van der Waals surface area (Å²) in [6.45, 7) is -0.351. The van der Waals surface area contributed by atoms with E-state index in [-0.39, 0.29) is 12.2 Å². The zero-order valence-corrected chi connectivity index (χ0v) is 13.3. The fraction of sp³-hybridized carbons (Fsp3) is 0.400. The van der Waals surface area contributed by atoms with Gasteiger partial charge >= 0.3 is 0 Å². The Morgan fingerprint density at radius 2 is 2.28 bits per heavy atom. The van der Waals surface area contributed by atoms with Crippen LogP contribution in [0.15, 0.2) is 23.3 Å². The highest BCUT2D eigenvalue weighted by Gasteiger charge is 2.45. The Morgan fingerprint density at radius 1 is 1.48 bits per heavy atom. The standard InChI is InChI=1S/C15H17N5O5/c1-24-13-12(22)10(5-21)25-15(13)20-4-7-8(16)2-6-11(7)9(19-20)3-17-18-14(6)23/h2-4,10,12-13,15,21-22H,5,16H2,1H3,(H,18,23)/t10-,12-,13-,15-/m1/s1. The van der Waals surface area contributed by atoms with Gasteiger partial charge in [0, 0.05) is 29.8 Å². The topological polar surface area (TPSA) is 149 Å². The molecule has 1 saturated heterocycles. The van der Waals surface area contributed by atoms with Crippen molar-refractivity contribution in [3.05, 3.63) is 28.8 Å². The van der Waals surface area contributed by atoms with Gasteiger partial charge < -0.3 is 25.4 Å². The molecule has 0 aliphatic carbocycles. The zero-order valence-electron chi connectivity index (χ0n) is 13.3. The number of aliphatic hydroxyl groups excluding tert-OH is 2. The van der Waals surface area contributed by atoms with Gasteiger partial charge in [0.05, 0.1) is 18.2 Å². The fourth-order valence-corrected chi connectivity index (χ4v) is 3.29. The van der Waals surface area contributed by atoms with Crippen LogP contribution in [0.5, 0.6) is 0 Å². The zero-order chi connectivity index (χ0) is 17.7. The van der Waals surface area contributed by atoms with E-state index in [2.05, 4.69) is 15.3 Å². The monoisotopic (exact) mass is 347 g/mol. The van der Waals surface area contributed by atoms with E-state index in [0.717, 1.165) is 0 Å². The number of hydrogen-bond donors (Lipinski definition) is 4. The van der Waals surface area contributed by atoms with Gasteiger partial charge in [0.15, 0.2) is 6.23 Å². The molecular weight excluding hydrogens is 330 g/mol. The maximum atomic E-state index is 12.0. The average molecular weight is 347 g/mol. The highest BCUT2D eigenvalue weighted by Crippen LogP contribution is 2.34. The van der Waals surface area contributed by atoms with Gasteiger partial charge in [-0.15, -0.1) is 0 Å². The molecule has 1 fully saturated rings. The van der Waals surface area contributed by atoms with E-state index < -0.39 is 24.5 Å². The van der Waals surface area contributed by atoms with E-state index in [1.54, 1.807) is 12.3 Å². The van der Waals surface area contributed by atoms with Gasteiger partial charge in [-0.25, -0.2) is 9.78 Å². The lowest BCUT2D eigenvalue weighted by molar-refractivity contribution is -0.0664. The average Bonchev–Trinajstić information content (AvgIpc) is 3.06. The Bertz CT molecular complexity index is 999. The summed E-state index contributed by atoms with van der Waals surface area (Å²) in [5.74, 6) is 0. The van der Waals surface area contributed by atoms with Crippen molar-refractivity contribution in [2.45, 2.75) is 24.5 Å². The second-order valence-corrected chi connectivity index (χ2v) is 5.93. The Labute approximate surface area is 140 Å². The number of nitrogens with zero attached hydrogens (tertiary/aromatic N) is 3. The first-order valence-electron chi connectivity index (χ1n) is 7.67. The van der Waals surface area contributed by atoms with Crippen molar-refractivity contribution < 1.29 is 19.7 Å². The van der Waals surface area contributed by atoms with Crippen LogP contribution in [-0.4, -0.2) is 62.2 Å². The lowest BCUT2D eigenvalue weighted by Crippen LogP contribution is -2.35. The predicted octanol–water partition coefficient (Wildman–Crippen LogP) is -0.879. The van der Waals surface area contributed by atoms with Gasteiger partial charge in [0.2, 0.25) is 0 Å². The molecule has 10 nitrogen and oxygen atoms in total. The molecule has 5 N–H and O–H groups in total. The molecule has 1 aliphatic rings. The van der Waals surface area contributed by atoms with Gasteiger partial charge in [0.25, 0.3) is 5.56 Å². The minimum absolute atomic E-state index is 0.351. The Balaban J connectivity index is 1.94. The number of anilines is 1. The van der Waals surface area contributed by atoms with E-state index in [1.807, 2.05) is 0 Å². The van der Waals surface area contributed by atoms with Crippen molar-refractivity contribution in [2.24, 2.45) is 0 Å². The minimum atomic E-state index is -1.01. The van der Waals surface area contributed by atoms with Gasteiger partial charge in [-0.1, -0.05) is 0 Å². The van der Waals surface area contributed by atoms with Crippen molar-refractivity contribution in [3.63, 3.8) is 0 Å². The van der Waals surface area contributed by atoms with E-state index in [0.29, 0.717) is 27.4 Å². The molecule has 0 spiro atoms. The molecule has 0 unspecified atom stereocenters. The lowest BCUT2D eigenvalue weighted by atomic mass is 10.1. The number of nitrogen functional groups attached to an aromatic ring is 1. The third kappa shape index (κ3) is 2.30. The Kier molecular flexibility index (Phi) is 3.69. The molecule has 1 aromatic carbocycles. The number of aromatic amines is 1. The van der Waals surface area contributed by atoms with Crippen LogP contribution in [0.1, 0.15) is 6.23 Å². The van der Waals surface area contributed by atoms with Gasteiger partial charge in [-0.2, -0.15) is 10.2 Å². The summed E-state index contributed by atoms with van der Waals surface area (Å²) >= 11 is 0. The molecular formula is C15H17N5O5. The number of rotatable bonds is 3. The first-order valence-corrected chi connectivity index (χ1v) is 7.67. The molecule has 2 aromatic heterocycles. The van der Waals surface area contributed by atoms with Gasteiger partial charge in [-0.3, -0.25) is 4.79 Å². The number of nitrogens with one attached hydrogen (secondary N) is 1. The van der Waals surface area contributed by atoms with E-state index in [4.69, 9.17) is 15.2 Å². The number of nitrogens with two attached hydrogens (primary N) is 1. The third-order valence-corrected chi connectivity index (χ3v) is 4.51. The highest BCUT2D eigenvalue weighted by molar-refractivity contribution is 6.14. The van der Waals surface area contributed by atoms with Crippen molar-refractivity contribution >= 4 is 27.4 Å². The van der Waals surface area contributed by atoms with Crippen LogP contribution >= 0.6 is 0 Å². The van der Waals surface area contributed by atoms with Crippen molar-refractivity contribution in [1.29, 1.82) is 0 Å². The molecule has 3 aromatic rings. The quantitative estimate of drug-likeness (QED) is 0.477. The van der Waals surface area contributed by atoms with Gasteiger partial charge in [0.1, 0.15) is 23.8 Å². The number of methoxy groups -OCH3 is 1. The smallest absolute Gasteiger partial charge is 0.272 e. The molecule has 0 saturated carbocycles. The largest absolute Gasteiger partial charge is 0.398 e. The maximum Gasteiger partial charge on any atom is 0.272 e. The molecule has 25 heavy (non-hydrogen) atoms. The van der Waals surface area contributed by atoms with Crippen molar-refractivity contribution in [3.8, 4) is 0 Å². The molecule has 1 aliphatic heterocycles. The summed E-state index contributed by atoms with van der Waals surface area (Å²) in [6, 6.07) is 1.57. The molecule has 10 heteroatoms. The Hall–Kier alpha value is -2.53. The third-order valence-electron chi connectivity index (χ3n) is 4.51. The molecule has 0 radical (unpaired) electrons. The van der Waals surface area contributed by atoms with Crippen molar-refractivity contribution in [2.75, 3.05) is 19.5 Å². The van der Waals surface area contributed by atoms with Crippen LogP contribution in [0.3, 0.4) is 0 Å². The van der Waals surface area contributed by atoms with Crippen LogP contribution < -0.4 is 11.3 Å². The number of hydrogen-bond acceptors (Lipinski definition) is 8. The van der Waals surface area contributed by atoms with Crippen LogP contribution in [0, 0.1) is 0 Å². The second kappa shape index (κ2) is 5.77. The number of ether oxygens (including phenoxy) is 2. The first kappa shape index (κ1) is 16.0. The highest BCUT2D eigenvalue weighted by atomic mass is 16.6. The normalized spacial score (nSPS) is 26.7. The molecule has 3 heterocycles. The summed E-state index contributed by atoms with van der Waals surface area (Å²) < 4.78 is 12.5. The molecule has 4 rings (SSSR count). The first-order chi connectivity index (χ1) is 12.0. The number of aliphatic hydroxyl groups is 2. The number of aromatic nitrogens is 4. The van der Waals surface area contributed by atoms with Gasteiger partial charge in [-0.05, 0) is 6.07 Å². The minimum Gasteiger partial charge on any atom is -0.398 e. The molecule has 0 bridgehead atoms. The summed E-state index contributed by atoms with van der Waals surface area (Å²) in [5, 5.41) is 31.9. The lowest BCUT2D eigenvalue weighted by Gasteiger charge is -2.20. The number of H-pyrrole nitrogens is 1. The fourth-order valence-electron chi connectivity index (χ4n) is 3.29. The summed E-state index contributed by atoms with van der Waals surface area (Å²) in [7, 11) is 1.44. The SMILES string of the molecule is CO[C@@H]1[C@H](O)[C@@H](CO)O[C@H]1n1cc2c(N)cc3c(=O)[nH]ncc(n1)c23. The Morgan fingerprint density at radius 3 is 3.00 bits per heavy atom. The molecule has 132 valence electrons. The molecule has 4 atom stereocenters. The summed E-state index contributed by atoms with van der Waals surface area (Å²) in [4.78, 5) is 12.0. The van der Waals surface area contributed by atoms with Crippen molar-refractivity contribution in [1.82, 2.24) is 20.0 Å². The summed E-state index contributed by atoms with van der Waals surface area (Å²) in [6.07, 6.45) is -0.234. The van der Waals surface area contributed by atoms with Crippen LogP contribution in [0.4, 0.5) is 5.69 Å². The van der Waals surface area contributed by atoms with Crippen LogP contribution in [0.2, 0.25) is 0 Å². The molecule has 0 amide bonds. The predicted molar refractivity (Wildman–Crippen MR) is 87.9 cm³/mol. The maximum absolute atomic E-state index is 12.0. The van der Waals surface area contributed by atoms with E-state index in [9.17, 15) is 15.0 Å². The van der Waals surface area contributed by atoms with E-state index >= 15 is 0 Å². The van der Waals surface area contributed by atoms with E-state index in [1.165, 1.54) is 18.0 Å². The van der Waals surface area contributed by atoms with Crippen LogP contribution in [0.25, 0.3) is 21.7 Å².